The van der Waals surface area contributed by atoms with Gasteiger partial charge in [0.1, 0.15) is 6.04 Å². The van der Waals surface area contributed by atoms with Crippen LogP contribution in [0.15, 0.2) is 35.7 Å². The number of thiophene rings is 1. The first-order valence-electron chi connectivity index (χ1n) is 6.23. The van der Waals surface area contributed by atoms with Gasteiger partial charge < -0.3 is 0 Å². The van der Waals surface area contributed by atoms with E-state index in [0.717, 1.165) is 25.1 Å². The van der Waals surface area contributed by atoms with Gasteiger partial charge in [-0.3, -0.25) is 4.90 Å². The Balaban J connectivity index is 1.89. The van der Waals surface area contributed by atoms with Crippen molar-refractivity contribution in [1.82, 2.24) is 4.90 Å². The molecule has 0 saturated heterocycles. The molecule has 0 amide bonds. The average Bonchev–Trinajstić information content (AvgIpc) is 2.89. The van der Waals surface area contributed by atoms with Crippen molar-refractivity contribution in [3.63, 3.8) is 0 Å². The van der Waals surface area contributed by atoms with Crippen molar-refractivity contribution >= 4 is 22.9 Å². The van der Waals surface area contributed by atoms with Gasteiger partial charge in [-0.2, -0.15) is 5.26 Å². The van der Waals surface area contributed by atoms with Gasteiger partial charge in [0, 0.05) is 28.6 Å². The van der Waals surface area contributed by atoms with Crippen LogP contribution in [0, 0.1) is 11.3 Å². The van der Waals surface area contributed by atoms with Crippen molar-refractivity contribution in [1.29, 1.82) is 5.26 Å². The Morgan fingerprint density at radius 1 is 1.32 bits per heavy atom. The zero-order chi connectivity index (χ0) is 13.2. The highest BCUT2D eigenvalue weighted by Gasteiger charge is 2.26. The molecule has 1 aliphatic rings. The molecule has 0 unspecified atom stereocenters. The molecule has 4 heteroatoms. The first-order valence-corrected chi connectivity index (χ1v) is 7.48. The minimum absolute atomic E-state index is 0.262. The molecule has 0 saturated carbocycles. The van der Waals surface area contributed by atoms with E-state index in [9.17, 15) is 5.26 Å². The van der Waals surface area contributed by atoms with E-state index in [0.29, 0.717) is 5.02 Å². The van der Waals surface area contributed by atoms with Crippen molar-refractivity contribution in [2.75, 3.05) is 6.54 Å². The molecule has 0 N–H and O–H groups in total. The van der Waals surface area contributed by atoms with Crippen LogP contribution in [0.4, 0.5) is 0 Å². The normalized spacial score (nSPS) is 16.6. The topological polar surface area (TPSA) is 27.0 Å². The van der Waals surface area contributed by atoms with Crippen molar-refractivity contribution in [2.24, 2.45) is 0 Å². The maximum Gasteiger partial charge on any atom is 0.125 e. The number of rotatable bonds is 2. The van der Waals surface area contributed by atoms with Crippen LogP contribution in [-0.2, 0) is 13.0 Å². The van der Waals surface area contributed by atoms with E-state index in [1.807, 2.05) is 35.6 Å². The highest BCUT2D eigenvalue weighted by molar-refractivity contribution is 7.10. The molecular formula is C15H13ClN2S. The molecule has 0 spiro atoms. The summed E-state index contributed by atoms with van der Waals surface area (Å²) in [5, 5.41) is 12.3. The molecule has 3 rings (SSSR count). The molecule has 1 atom stereocenters. The quantitative estimate of drug-likeness (QED) is 0.834. The predicted molar refractivity (Wildman–Crippen MR) is 78.2 cm³/mol. The monoisotopic (exact) mass is 288 g/mol. The maximum atomic E-state index is 9.51. The number of fused-ring (bicyclic) bond motifs is 1. The van der Waals surface area contributed by atoms with Crippen molar-refractivity contribution in [3.8, 4) is 6.07 Å². The van der Waals surface area contributed by atoms with E-state index in [1.54, 1.807) is 0 Å². The molecule has 0 fully saturated rings. The van der Waals surface area contributed by atoms with Crippen LogP contribution < -0.4 is 0 Å². The Hall–Kier alpha value is -1.34. The third kappa shape index (κ3) is 2.40. The Bertz CT molecular complexity index is 629. The molecular weight excluding hydrogens is 276 g/mol. The van der Waals surface area contributed by atoms with Gasteiger partial charge >= 0.3 is 0 Å². The summed E-state index contributed by atoms with van der Waals surface area (Å²) in [5.74, 6) is 0. The van der Waals surface area contributed by atoms with Crippen molar-refractivity contribution < 1.29 is 0 Å². The van der Waals surface area contributed by atoms with Crippen LogP contribution in [0.2, 0.25) is 5.02 Å². The average molecular weight is 289 g/mol. The van der Waals surface area contributed by atoms with Crippen LogP contribution in [-0.4, -0.2) is 11.4 Å². The first kappa shape index (κ1) is 12.7. The summed E-state index contributed by atoms with van der Waals surface area (Å²) in [7, 11) is 0. The van der Waals surface area contributed by atoms with E-state index in [-0.39, 0.29) is 6.04 Å². The van der Waals surface area contributed by atoms with Gasteiger partial charge in [-0.05, 0) is 29.5 Å². The number of hydrogen-bond donors (Lipinski definition) is 0. The van der Waals surface area contributed by atoms with Crippen LogP contribution in [0.5, 0.6) is 0 Å². The number of halogens is 1. The molecule has 0 bridgehead atoms. The molecule has 0 radical (unpaired) electrons. The van der Waals surface area contributed by atoms with E-state index < -0.39 is 0 Å². The summed E-state index contributed by atoms with van der Waals surface area (Å²) in [4.78, 5) is 3.66. The summed E-state index contributed by atoms with van der Waals surface area (Å²) >= 11 is 8.03. The lowest BCUT2D eigenvalue weighted by Crippen LogP contribution is -2.33. The number of benzene rings is 1. The Labute approximate surface area is 121 Å². The SMILES string of the molecule is N#C[C@H](c1ccccc1Cl)N1CCc2sccc2C1. The fourth-order valence-electron chi connectivity index (χ4n) is 2.54. The van der Waals surface area contributed by atoms with E-state index >= 15 is 0 Å². The highest BCUT2D eigenvalue weighted by atomic mass is 35.5. The summed E-state index contributed by atoms with van der Waals surface area (Å²) in [6, 6.07) is 11.9. The Kier molecular flexibility index (Phi) is 3.56. The maximum absolute atomic E-state index is 9.51. The smallest absolute Gasteiger partial charge is 0.125 e. The van der Waals surface area contributed by atoms with Gasteiger partial charge in [0.15, 0.2) is 0 Å². The summed E-state index contributed by atoms with van der Waals surface area (Å²) in [6.07, 6.45) is 1.02. The summed E-state index contributed by atoms with van der Waals surface area (Å²) < 4.78 is 0. The lowest BCUT2D eigenvalue weighted by Gasteiger charge is -2.31. The Morgan fingerprint density at radius 3 is 2.95 bits per heavy atom. The van der Waals surface area contributed by atoms with Gasteiger partial charge in [-0.1, -0.05) is 29.8 Å². The third-order valence-corrected chi connectivity index (χ3v) is 4.89. The molecule has 1 aliphatic heterocycles. The minimum atomic E-state index is -0.262. The lowest BCUT2D eigenvalue weighted by molar-refractivity contribution is 0.218. The highest BCUT2D eigenvalue weighted by Crippen LogP contribution is 2.32. The van der Waals surface area contributed by atoms with Gasteiger partial charge in [0.05, 0.1) is 6.07 Å². The number of nitriles is 1. The standard InChI is InChI=1S/C15H13ClN2S/c16-13-4-2-1-3-12(13)14(9-17)18-7-5-15-11(10-18)6-8-19-15/h1-4,6,8,14H,5,7,10H2/t14-/m1/s1. The van der Waals surface area contributed by atoms with Crippen molar-refractivity contribution in [2.45, 2.75) is 19.0 Å². The molecule has 1 aromatic carbocycles. The molecule has 19 heavy (non-hydrogen) atoms. The van der Waals surface area contributed by atoms with Crippen molar-refractivity contribution in [3.05, 3.63) is 56.7 Å². The second kappa shape index (κ2) is 5.34. The molecule has 0 aliphatic carbocycles. The zero-order valence-corrected chi connectivity index (χ0v) is 11.9. The van der Waals surface area contributed by atoms with Gasteiger partial charge in [-0.25, -0.2) is 0 Å². The lowest BCUT2D eigenvalue weighted by atomic mass is 10.0. The molecule has 2 heterocycles. The number of nitrogens with zero attached hydrogens (tertiary/aromatic N) is 2. The molecule has 1 aromatic heterocycles. The minimum Gasteiger partial charge on any atom is -0.280 e. The van der Waals surface area contributed by atoms with Gasteiger partial charge in [0.25, 0.3) is 0 Å². The second-order valence-corrected chi connectivity index (χ2v) is 6.05. The van der Waals surface area contributed by atoms with Crippen LogP contribution in [0.1, 0.15) is 22.0 Å². The van der Waals surface area contributed by atoms with Crippen LogP contribution in [0.3, 0.4) is 0 Å². The van der Waals surface area contributed by atoms with Gasteiger partial charge in [-0.15, -0.1) is 11.3 Å². The second-order valence-electron chi connectivity index (χ2n) is 4.64. The van der Waals surface area contributed by atoms with E-state index in [4.69, 9.17) is 11.6 Å². The van der Waals surface area contributed by atoms with Gasteiger partial charge in [0.2, 0.25) is 0 Å². The fraction of sp³-hybridized carbons (Fsp3) is 0.267. The zero-order valence-electron chi connectivity index (χ0n) is 10.3. The first-order chi connectivity index (χ1) is 9.29. The molecule has 96 valence electrons. The van der Waals surface area contributed by atoms with E-state index in [2.05, 4.69) is 22.4 Å². The fourth-order valence-corrected chi connectivity index (χ4v) is 3.66. The third-order valence-electron chi connectivity index (χ3n) is 3.52. The largest absolute Gasteiger partial charge is 0.280 e. The van der Waals surface area contributed by atoms with E-state index in [1.165, 1.54) is 10.4 Å². The molecule has 2 aromatic rings. The van der Waals surface area contributed by atoms with Crippen LogP contribution in [0.25, 0.3) is 0 Å². The summed E-state index contributed by atoms with van der Waals surface area (Å²) in [6.45, 7) is 1.75. The molecule has 2 nitrogen and oxygen atoms in total. The van der Waals surface area contributed by atoms with Crippen LogP contribution >= 0.6 is 22.9 Å². The number of hydrogen-bond acceptors (Lipinski definition) is 3. The summed E-state index contributed by atoms with van der Waals surface area (Å²) in [5.41, 5.74) is 2.26. The Morgan fingerprint density at radius 2 is 2.16 bits per heavy atom. The predicted octanol–water partition coefficient (Wildman–Crippen LogP) is 4.02.